The minimum Gasteiger partial charge on any atom is -0.455 e. The molecule has 0 saturated heterocycles. The summed E-state index contributed by atoms with van der Waals surface area (Å²) in [6.07, 6.45) is 0. The number of hydrogen-bond acceptors (Lipinski definition) is 6. The maximum Gasteiger partial charge on any atom is 0.284 e. The lowest BCUT2D eigenvalue weighted by molar-refractivity contribution is 0.0970. The van der Waals surface area contributed by atoms with E-state index in [-0.39, 0.29) is 11.2 Å². The van der Waals surface area contributed by atoms with Crippen LogP contribution in [0.2, 0.25) is 0 Å². The lowest BCUT2D eigenvalue weighted by atomic mass is 9.91. The summed E-state index contributed by atoms with van der Waals surface area (Å²) in [6, 6.07) is 1.70. The van der Waals surface area contributed by atoms with Crippen LogP contribution >= 0.6 is 11.8 Å². The molecule has 8 heteroatoms. The molecule has 7 nitrogen and oxygen atoms in total. The second-order valence-corrected chi connectivity index (χ2v) is 6.97. The Hall–Kier alpha value is -1.80. The number of carbonyl (C=O) groups excluding carboxylic acids is 1. The van der Waals surface area contributed by atoms with E-state index >= 15 is 0 Å². The van der Waals surface area contributed by atoms with Crippen molar-refractivity contribution in [2.75, 3.05) is 0 Å². The quantitative estimate of drug-likeness (QED) is 0.807. The summed E-state index contributed by atoms with van der Waals surface area (Å²) < 4.78 is 7.49. The van der Waals surface area contributed by atoms with Crippen LogP contribution in [0.25, 0.3) is 0 Å². The molecule has 0 aliphatic carbocycles. The van der Waals surface area contributed by atoms with Gasteiger partial charge in [0.2, 0.25) is 0 Å². The number of amides is 1. The fourth-order valence-electron chi connectivity index (χ4n) is 2.08. The van der Waals surface area contributed by atoms with Crippen molar-refractivity contribution in [2.24, 2.45) is 18.5 Å². The number of rotatable bonds is 5. The van der Waals surface area contributed by atoms with Crippen LogP contribution in [0.4, 0.5) is 0 Å². The zero-order valence-corrected chi connectivity index (χ0v) is 14.0. The highest BCUT2D eigenvalue weighted by atomic mass is 32.2. The topological polar surface area (TPSA) is 113 Å². The molecule has 2 rings (SSSR count). The normalized spacial score (nSPS) is 11.9. The van der Waals surface area contributed by atoms with E-state index in [4.69, 9.17) is 15.9 Å². The molecule has 0 aliphatic heterocycles. The monoisotopic (exact) mass is 323 g/mol. The first kappa shape index (κ1) is 16.6. The number of furan rings is 1. The van der Waals surface area contributed by atoms with E-state index in [1.54, 1.807) is 6.07 Å². The van der Waals surface area contributed by atoms with E-state index in [0.717, 1.165) is 22.3 Å². The average molecular weight is 323 g/mol. The van der Waals surface area contributed by atoms with E-state index < -0.39 is 5.91 Å². The predicted octanol–water partition coefficient (Wildman–Crippen LogP) is 1.56. The Kier molecular flexibility index (Phi) is 4.62. The molecule has 2 aromatic heterocycles. The van der Waals surface area contributed by atoms with Crippen LogP contribution in [0, 0.1) is 0 Å². The van der Waals surface area contributed by atoms with Gasteiger partial charge in [-0.3, -0.25) is 4.79 Å². The molecule has 0 saturated carbocycles. The summed E-state index contributed by atoms with van der Waals surface area (Å²) in [5, 5.41) is 8.90. The van der Waals surface area contributed by atoms with Crippen molar-refractivity contribution in [2.45, 2.75) is 43.6 Å². The van der Waals surface area contributed by atoms with Gasteiger partial charge in [0.1, 0.15) is 11.6 Å². The van der Waals surface area contributed by atoms with E-state index in [9.17, 15) is 4.79 Å². The van der Waals surface area contributed by atoms with Gasteiger partial charge in [-0.15, -0.1) is 10.2 Å². The van der Waals surface area contributed by atoms with Gasteiger partial charge >= 0.3 is 0 Å². The molecular formula is C14H21N5O2S. The lowest BCUT2D eigenvalue weighted by Gasteiger charge is -2.17. The van der Waals surface area contributed by atoms with Crippen molar-refractivity contribution < 1.29 is 9.21 Å². The minimum absolute atomic E-state index is 0.182. The molecule has 0 fully saturated rings. The smallest absolute Gasteiger partial charge is 0.284 e. The summed E-state index contributed by atoms with van der Waals surface area (Å²) in [7, 11) is 1.87. The van der Waals surface area contributed by atoms with Gasteiger partial charge in [0.15, 0.2) is 10.9 Å². The molecular weight excluding hydrogens is 302 g/mol. The summed E-state index contributed by atoms with van der Waals surface area (Å²) in [4.78, 5) is 11.3. The first-order chi connectivity index (χ1) is 10.2. The van der Waals surface area contributed by atoms with Gasteiger partial charge in [-0.1, -0.05) is 32.5 Å². The maximum atomic E-state index is 11.3. The molecule has 0 radical (unpaired) electrons. The predicted molar refractivity (Wildman–Crippen MR) is 84.4 cm³/mol. The Balaban J connectivity index is 2.25. The Morgan fingerprint density at radius 3 is 2.59 bits per heavy atom. The highest BCUT2D eigenvalue weighted by Crippen LogP contribution is 2.32. The fraction of sp³-hybridized carbons (Fsp3) is 0.500. The van der Waals surface area contributed by atoms with Crippen molar-refractivity contribution in [3.05, 3.63) is 29.0 Å². The number of thioether (sulfide) groups is 1. The number of carbonyl (C=O) groups is 1. The number of nitrogens with zero attached hydrogens (tertiary/aromatic N) is 3. The lowest BCUT2D eigenvalue weighted by Crippen LogP contribution is -2.12. The minimum atomic E-state index is -0.564. The van der Waals surface area contributed by atoms with Crippen molar-refractivity contribution in [3.8, 4) is 0 Å². The van der Waals surface area contributed by atoms with E-state index in [0.29, 0.717) is 12.3 Å². The number of aromatic nitrogens is 3. The molecule has 1 amide bonds. The molecule has 0 unspecified atom stereocenters. The van der Waals surface area contributed by atoms with Crippen molar-refractivity contribution >= 4 is 17.7 Å². The van der Waals surface area contributed by atoms with Crippen molar-refractivity contribution in [1.82, 2.24) is 14.8 Å². The Morgan fingerprint density at radius 1 is 1.41 bits per heavy atom. The SMILES string of the molecule is Cn1c(CN)nnc1SCc1cc(C(N)=O)oc1C(C)(C)C. The molecule has 2 heterocycles. The van der Waals surface area contributed by atoms with Crippen molar-refractivity contribution in [1.29, 1.82) is 0 Å². The molecule has 0 aromatic carbocycles. The average Bonchev–Trinajstić information content (AvgIpc) is 2.99. The zero-order valence-electron chi connectivity index (χ0n) is 13.2. The van der Waals surface area contributed by atoms with E-state index in [1.807, 2.05) is 32.4 Å². The van der Waals surface area contributed by atoms with E-state index in [1.165, 1.54) is 11.8 Å². The number of nitrogens with two attached hydrogens (primary N) is 2. The molecule has 2 aromatic rings. The van der Waals surface area contributed by atoms with Crippen LogP contribution in [-0.4, -0.2) is 20.7 Å². The second-order valence-electron chi connectivity index (χ2n) is 6.03. The number of hydrogen-bond donors (Lipinski definition) is 2. The molecule has 0 bridgehead atoms. The standard InChI is InChI=1S/C14H21N5O2S/c1-14(2,3)11-8(5-9(21-11)12(16)20)7-22-13-18-17-10(6-15)19(13)4/h5H,6-7,15H2,1-4H3,(H2,16,20). The molecule has 0 spiro atoms. The van der Waals surface area contributed by atoms with Crippen LogP contribution < -0.4 is 11.5 Å². The highest BCUT2D eigenvalue weighted by Gasteiger charge is 2.25. The largest absolute Gasteiger partial charge is 0.455 e. The summed E-state index contributed by atoms with van der Waals surface area (Å²) in [5.41, 5.74) is 11.6. The van der Waals surface area contributed by atoms with Gasteiger partial charge in [0.25, 0.3) is 5.91 Å². The Bertz CT molecular complexity index is 684. The van der Waals surface area contributed by atoms with Gasteiger partial charge in [0.05, 0.1) is 6.54 Å². The highest BCUT2D eigenvalue weighted by molar-refractivity contribution is 7.98. The van der Waals surface area contributed by atoms with Gasteiger partial charge in [0, 0.05) is 23.8 Å². The van der Waals surface area contributed by atoms with Crippen LogP contribution in [0.1, 0.15) is 48.5 Å². The summed E-state index contributed by atoms with van der Waals surface area (Å²) in [5.74, 6) is 1.71. The second kappa shape index (κ2) is 6.13. The van der Waals surface area contributed by atoms with Crippen LogP contribution in [0.15, 0.2) is 15.6 Å². The Morgan fingerprint density at radius 2 is 2.09 bits per heavy atom. The van der Waals surface area contributed by atoms with Gasteiger partial charge in [-0.05, 0) is 6.07 Å². The van der Waals surface area contributed by atoms with Crippen LogP contribution in [0.5, 0.6) is 0 Å². The van der Waals surface area contributed by atoms with Gasteiger partial charge < -0.3 is 20.5 Å². The molecule has 0 aliphatic rings. The van der Waals surface area contributed by atoms with Gasteiger partial charge in [-0.25, -0.2) is 0 Å². The fourth-order valence-corrected chi connectivity index (χ4v) is 2.98. The molecule has 22 heavy (non-hydrogen) atoms. The van der Waals surface area contributed by atoms with Crippen LogP contribution in [0.3, 0.4) is 0 Å². The third kappa shape index (κ3) is 3.33. The summed E-state index contributed by atoms with van der Waals surface area (Å²) >= 11 is 1.51. The molecule has 120 valence electrons. The van der Waals surface area contributed by atoms with Crippen molar-refractivity contribution in [3.63, 3.8) is 0 Å². The number of primary amides is 1. The summed E-state index contributed by atoms with van der Waals surface area (Å²) in [6.45, 7) is 6.42. The Labute approximate surface area is 133 Å². The van der Waals surface area contributed by atoms with E-state index in [2.05, 4.69) is 10.2 Å². The third-order valence-electron chi connectivity index (χ3n) is 3.20. The third-order valence-corrected chi connectivity index (χ3v) is 4.27. The molecule has 0 atom stereocenters. The zero-order chi connectivity index (χ0) is 16.5. The first-order valence-corrected chi connectivity index (χ1v) is 7.86. The molecule has 4 N–H and O–H groups in total. The first-order valence-electron chi connectivity index (χ1n) is 6.88. The van der Waals surface area contributed by atoms with Gasteiger partial charge in [-0.2, -0.15) is 0 Å². The maximum absolute atomic E-state index is 11.3. The van der Waals surface area contributed by atoms with Crippen LogP contribution in [-0.2, 0) is 24.8 Å².